The molecule has 3 N–H and O–H groups in total. The molecule has 2 rings (SSSR count). The fraction of sp³-hybridized carbons (Fsp3) is 0.214. The summed E-state index contributed by atoms with van der Waals surface area (Å²) in [5.74, 6) is -1.53. The van der Waals surface area contributed by atoms with E-state index in [1.54, 1.807) is 6.20 Å². The van der Waals surface area contributed by atoms with Crippen LogP contribution in [0.4, 0.5) is 0 Å². The van der Waals surface area contributed by atoms with Crippen LogP contribution in [0.1, 0.15) is 5.56 Å². The van der Waals surface area contributed by atoms with Gasteiger partial charge in [0.05, 0.1) is 5.75 Å². The monoisotopic (exact) mass is 308 g/mol. The maximum atomic E-state index is 11.7. The summed E-state index contributed by atoms with van der Waals surface area (Å²) in [4.78, 5) is 14.3. The largest absolute Gasteiger partial charge is 0.480 e. The number of benzene rings is 1. The van der Waals surface area contributed by atoms with Gasteiger partial charge in [0.25, 0.3) is 0 Å². The fourth-order valence-corrected chi connectivity index (χ4v) is 3.14. The lowest BCUT2D eigenvalue weighted by molar-refractivity contribution is -0.138. The van der Waals surface area contributed by atoms with Crippen molar-refractivity contribution in [2.45, 2.75) is 12.5 Å². The number of carboxylic acid groups (broad SMARTS) is 1. The first-order chi connectivity index (χ1) is 9.93. The lowest BCUT2D eigenvalue weighted by atomic mass is 10.1. The minimum Gasteiger partial charge on any atom is -0.480 e. The number of H-pyrrole nitrogens is 1. The topological polar surface area (TPSA) is 99.3 Å². The lowest BCUT2D eigenvalue weighted by Crippen LogP contribution is -2.43. The van der Waals surface area contributed by atoms with E-state index in [0.29, 0.717) is 0 Å². The van der Waals surface area contributed by atoms with E-state index >= 15 is 0 Å². The second-order valence-corrected chi connectivity index (χ2v) is 6.44. The first-order valence-electron chi connectivity index (χ1n) is 6.31. The maximum absolute atomic E-state index is 11.7. The van der Waals surface area contributed by atoms with E-state index in [4.69, 9.17) is 0 Å². The van der Waals surface area contributed by atoms with Gasteiger partial charge in [-0.15, -0.1) is 6.58 Å². The van der Waals surface area contributed by atoms with Gasteiger partial charge in [-0.25, -0.2) is 13.1 Å². The molecule has 0 amide bonds. The van der Waals surface area contributed by atoms with Gasteiger partial charge in [0.1, 0.15) is 6.04 Å². The highest BCUT2D eigenvalue weighted by Crippen LogP contribution is 2.19. The molecule has 0 spiro atoms. The van der Waals surface area contributed by atoms with Crippen molar-refractivity contribution < 1.29 is 18.3 Å². The molecule has 1 atom stereocenters. The molecule has 21 heavy (non-hydrogen) atoms. The Morgan fingerprint density at radius 1 is 1.43 bits per heavy atom. The van der Waals surface area contributed by atoms with Gasteiger partial charge in [-0.3, -0.25) is 4.79 Å². The van der Waals surface area contributed by atoms with Crippen molar-refractivity contribution in [3.05, 3.63) is 48.7 Å². The van der Waals surface area contributed by atoms with E-state index in [1.807, 2.05) is 24.3 Å². The summed E-state index contributed by atoms with van der Waals surface area (Å²) in [5.41, 5.74) is 1.63. The summed E-state index contributed by atoms with van der Waals surface area (Å²) in [7, 11) is -3.69. The van der Waals surface area contributed by atoms with Crippen LogP contribution in [-0.4, -0.2) is 36.3 Å². The standard InChI is InChI=1S/C14H16N2O4S/c1-2-7-21(19,20)16-13(14(17)18)8-10-9-15-12-6-4-3-5-11(10)12/h2-6,9,13,15-16H,1,7-8H2,(H,17,18)/t13-/m0/s1. The van der Waals surface area contributed by atoms with E-state index in [-0.39, 0.29) is 12.2 Å². The predicted octanol–water partition coefficient (Wildman–Crippen LogP) is 1.27. The van der Waals surface area contributed by atoms with Crippen LogP contribution in [0.2, 0.25) is 0 Å². The molecule has 2 aromatic rings. The summed E-state index contributed by atoms with van der Waals surface area (Å²) in [6, 6.07) is 6.23. The number of fused-ring (bicyclic) bond motifs is 1. The van der Waals surface area contributed by atoms with E-state index in [2.05, 4.69) is 16.3 Å². The number of hydrogen-bond donors (Lipinski definition) is 3. The molecule has 1 aromatic carbocycles. The van der Waals surface area contributed by atoms with Gasteiger partial charge in [-0.2, -0.15) is 0 Å². The maximum Gasteiger partial charge on any atom is 0.322 e. The van der Waals surface area contributed by atoms with Crippen LogP contribution in [0.15, 0.2) is 43.1 Å². The van der Waals surface area contributed by atoms with Gasteiger partial charge in [0.2, 0.25) is 10.0 Å². The molecule has 0 aliphatic heterocycles. The summed E-state index contributed by atoms with van der Waals surface area (Å²) >= 11 is 0. The Labute approximate surface area is 122 Å². The molecule has 0 bridgehead atoms. The third-order valence-corrected chi connectivity index (χ3v) is 4.37. The van der Waals surface area contributed by atoms with Crippen molar-refractivity contribution in [1.82, 2.24) is 9.71 Å². The van der Waals surface area contributed by atoms with Crippen LogP contribution < -0.4 is 4.72 Å². The predicted molar refractivity (Wildman–Crippen MR) is 80.5 cm³/mol. The average Bonchev–Trinajstić information content (AvgIpc) is 2.81. The Hall–Kier alpha value is -2.12. The molecule has 6 nitrogen and oxygen atoms in total. The van der Waals surface area contributed by atoms with Crippen molar-refractivity contribution in [2.75, 3.05) is 5.75 Å². The van der Waals surface area contributed by atoms with Crippen molar-refractivity contribution >= 4 is 26.9 Å². The lowest BCUT2D eigenvalue weighted by Gasteiger charge is -2.13. The molecular formula is C14H16N2O4S. The van der Waals surface area contributed by atoms with E-state index in [0.717, 1.165) is 16.5 Å². The van der Waals surface area contributed by atoms with Crippen LogP contribution in [0.25, 0.3) is 10.9 Å². The Bertz CT molecular complexity index is 764. The number of carbonyl (C=O) groups is 1. The molecule has 0 aliphatic rings. The SMILES string of the molecule is C=CCS(=O)(=O)N[C@@H](Cc1c[nH]c2ccccc12)C(=O)O. The minimum atomic E-state index is -3.69. The number of carboxylic acids is 1. The highest BCUT2D eigenvalue weighted by Gasteiger charge is 2.24. The van der Waals surface area contributed by atoms with Crippen LogP contribution in [0.3, 0.4) is 0 Å². The number of hydrogen-bond acceptors (Lipinski definition) is 3. The zero-order valence-corrected chi connectivity index (χ0v) is 12.1. The Kier molecular flexibility index (Phi) is 4.44. The average molecular weight is 308 g/mol. The fourth-order valence-electron chi connectivity index (χ4n) is 2.12. The molecule has 0 saturated carbocycles. The number of sulfonamides is 1. The number of rotatable bonds is 7. The Balaban J connectivity index is 2.24. The summed E-state index contributed by atoms with van der Waals surface area (Å²) in [6.45, 7) is 3.34. The molecule has 112 valence electrons. The summed E-state index contributed by atoms with van der Waals surface area (Å²) in [6.07, 6.45) is 2.98. The second-order valence-electron chi connectivity index (χ2n) is 4.64. The molecule has 0 unspecified atom stereocenters. The van der Waals surface area contributed by atoms with Gasteiger partial charge in [-0.1, -0.05) is 24.3 Å². The van der Waals surface area contributed by atoms with E-state index in [1.165, 1.54) is 6.08 Å². The zero-order chi connectivity index (χ0) is 15.5. The van der Waals surface area contributed by atoms with Crippen LogP contribution in [0, 0.1) is 0 Å². The Morgan fingerprint density at radius 3 is 2.81 bits per heavy atom. The number of aromatic nitrogens is 1. The van der Waals surface area contributed by atoms with E-state index in [9.17, 15) is 18.3 Å². The van der Waals surface area contributed by atoms with E-state index < -0.39 is 22.0 Å². The quantitative estimate of drug-likeness (QED) is 0.671. The highest BCUT2D eigenvalue weighted by atomic mass is 32.2. The van der Waals surface area contributed by atoms with Gasteiger partial charge in [0, 0.05) is 23.5 Å². The molecule has 1 heterocycles. The third kappa shape index (κ3) is 3.71. The van der Waals surface area contributed by atoms with Crippen molar-refractivity contribution in [3.63, 3.8) is 0 Å². The first kappa shape index (κ1) is 15.3. The molecular weight excluding hydrogens is 292 g/mol. The molecule has 0 aliphatic carbocycles. The smallest absolute Gasteiger partial charge is 0.322 e. The first-order valence-corrected chi connectivity index (χ1v) is 7.97. The van der Waals surface area contributed by atoms with Crippen LogP contribution in [0.5, 0.6) is 0 Å². The molecule has 1 aromatic heterocycles. The summed E-state index contributed by atoms with van der Waals surface area (Å²) in [5, 5.41) is 10.1. The zero-order valence-electron chi connectivity index (χ0n) is 11.2. The van der Waals surface area contributed by atoms with Gasteiger partial charge in [0.15, 0.2) is 0 Å². The molecule has 0 saturated heterocycles. The number of para-hydroxylation sites is 1. The number of aliphatic carboxylic acids is 1. The Morgan fingerprint density at radius 2 is 2.14 bits per heavy atom. The van der Waals surface area contributed by atoms with Crippen LogP contribution in [-0.2, 0) is 21.2 Å². The van der Waals surface area contributed by atoms with Gasteiger partial charge in [-0.05, 0) is 11.6 Å². The van der Waals surface area contributed by atoms with Gasteiger partial charge >= 0.3 is 5.97 Å². The summed E-state index contributed by atoms with van der Waals surface area (Å²) < 4.78 is 25.6. The van der Waals surface area contributed by atoms with Crippen molar-refractivity contribution in [2.24, 2.45) is 0 Å². The molecule has 0 radical (unpaired) electrons. The van der Waals surface area contributed by atoms with Crippen molar-refractivity contribution in [3.8, 4) is 0 Å². The number of nitrogens with one attached hydrogen (secondary N) is 2. The highest BCUT2D eigenvalue weighted by molar-refractivity contribution is 7.89. The third-order valence-electron chi connectivity index (χ3n) is 3.06. The minimum absolute atomic E-state index is 0.0652. The van der Waals surface area contributed by atoms with Crippen LogP contribution >= 0.6 is 0 Å². The molecule has 7 heteroatoms. The number of aromatic amines is 1. The van der Waals surface area contributed by atoms with Crippen molar-refractivity contribution in [1.29, 1.82) is 0 Å². The van der Waals surface area contributed by atoms with Gasteiger partial charge < -0.3 is 10.1 Å². The normalized spacial score (nSPS) is 13.1. The molecule has 0 fully saturated rings. The second kappa shape index (κ2) is 6.11.